The Hall–Kier alpha value is -1.58. The molecule has 4 heteroatoms. The summed E-state index contributed by atoms with van der Waals surface area (Å²) in [5.41, 5.74) is 2.10. The molecule has 0 radical (unpaired) electrons. The zero-order chi connectivity index (χ0) is 9.26. The smallest absolute Gasteiger partial charge is 0.314 e. The molecule has 1 aromatic heterocycles. The summed E-state index contributed by atoms with van der Waals surface area (Å²) >= 11 is 0. The van der Waals surface area contributed by atoms with E-state index in [0.29, 0.717) is 6.42 Å². The van der Waals surface area contributed by atoms with E-state index in [1.54, 1.807) is 12.5 Å². The summed E-state index contributed by atoms with van der Waals surface area (Å²) in [6.45, 7) is 0. The zero-order valence-electron chi connectivity index (χ0n) is 7.36. The van der Waals surface area contributed by atoms with Crippen LogP contribution in [-0.4, -0.2) is 15.5 Å². The minimum atomic E-state index is -0.169. The quantitative estimate of drug-likeness (QED) is 0.629. The number of esters is 1. The maximum Gasteiger partial charge on any atom is 0.314 e. The van der Waals surface area contributed by atoms with Crippen LogP contribution in [0, 0.1) is 0 Å². The number of carbonyl (C=O) groups excluding carboxylic acids is 1. The van der Waals surface area contributed by atoms with Crippen molar-refractivity contribution in [1.29, 1.82) is 0 Å². The number of cyclic esters (lactones) is 1. The lowest BCUT2D eigenvalue weighted by Gasteiger charge is -1.99. The Kier molecular flexibility index (Phi) is 1.88. The summed E-state index contributed by atoms with van der Waals surface area (Å²) in [6, 6.07) is 0. The second-order valence-corrected chi connectivity index (χ2v) is 3.12. The molecule has 0 saturated carbocycles. The summed E-state index contributed by atoms with van der Waals surface area (Å²) in [6.07, 6.45) is 6.22. The van der Waals surface area contributed by atoms with Crippen molar-refractivity contribution >= 4 is 5.97 Å². The van der Waals surface area contributed by atoms with Gasteiger partial charge in [0.2, 0.25) is 0 Å². The first-order valence-corrected chi connectivity index (χ1v) is 4.08. The van der Waals surface area contributed by atoms with Crippen molar-refractivity contribution in [3.63, 3.8) is 0 Å². The minimum absolute atomic E-state index is 0.169. The van der Waals surface area contributed by atoms with Crippen molar-refractivity contribution in [2.45, 2.75) is 12.8 Å². The fraction of sp³-hybridized carbons (Fsp3) is 0.333. The van der Waals surface area contributed by atoms with Gasteiger partial charge in [0, 0.05) is 25.4 Å². The Morgan fingerprint density at radius 1 is 1.69 bits per heavy atom. The summed E-state index contributed by atoms with van der Waals surface area (Å²) < 4.78 is 6.66. The fourth-order valence-corrected chi connectivity index (χ4v) is 1.31. The van der Waals surface area contributed by atoms with Gasteiger partial charge in [0.25, 0.3) is 0 Å². The molecule has 1 aliphatic heterocycles. The van der Waals surface area contributed by atoms with E-state index >= 15 is 0 Å². The van der Waals surface area contributed by atoms with E-state index in [1.165, 1.54) is 6.26 Å². The second kappa shape index (κ2) is 3.05. The van der Waals surface area contributed by atoms with Gasteiger partial charge in [0.15, 0.2) is 0 Å². The van der Waals surface area contributed by atoms with Crippen molar-refractivity contribution in [3.8, 4) is 0 Å². The van der Waals surface area contributed by atoms with Crippen LogP contribution in [0.2, 0.25) is 0 Å². The van der Waals surface area contributed by atoms with Crippen molar-refractivity contribution in [2.75, 3.05) is 0 Å². The highest BCUT2D eigenvalue weighted by molar-refractivity contribution is 5.75. The van der Waals surface area contributed by atoms with Gasteiger partial charge in [0.1, 0.15) is 0 Å². The third kappa shape index (κ3) is 1.61. The fourth-order valence-electron chi connectivity index (χ4n) is 1.31. The van der Waals surface area contributed by atoms with Gasteiger partial charge in [-0.3, -0.25) is 4.79 Å². The van der Waals surface area contributed by atoms with Crippen LogP contribution < -0.4 is 0 Å². The number of hydrogen-bond donors (Lipinski definition) is 0. The molecule has 0 fully saturated rings. The summed E-state index contributed by atoms with van der Waals surface area (Å²) in [5, 5.41) is 0. The third-order valence-electron chi connectivity index (χ3n) is 2.05. The van der Waals surface area contributed by atoms with E-state index in [1.807, 2.05) is 11.6 Å². The molecule has 0 amide bonds. The lowest BCUT2D eigenvalue weighted by Crippen LogP contribution is -1.98. The van der Waals surface area contributed by atoms with Gasteiger partial charge in [-0.25, -0.2) is 4.98 Å². The highest BCUT2D eigenvalue weighted by Crippen LogP contribution is 2.16. The molecule has 4 nitrogen and oxygen atoms in total. The highest BCUT2D eigenvalue weighted by atomic mass is 16.5. The van der Waals surface area contributed by atoms with Crippen molar-refractivity contribution in [1.82, 2.24) is 9.55 Å². The van der Waals surface area contributed by atoms with Crippen LogP contribution in [0.25, 0.3) is 0 Å². The van der Waals surface area contributed by atoms with Crippen molar-refractivity contribution in [3.05, 3.63) is 30.1 Å². The number of aromatic nitrogens is 2. The minimum Gasteiger partial charge on any atom is -0.434 e. The molecular formula is C9H10N2O2. The standard InChI is InChI=1S/C9H10N2O2/c1-11-6-10-4-8(11)2-7-3-9(12)13-5-7/h4-6H,2-3H2,1H3. The predicted molar refractivity (Wildman–Crippen MR) is 45.7 cm³/mol. The van der Waals surface area contributed by atoms with Crippen LogP contribution in [-0.2, 0) is 23.0 Å². The summed E-state index contributed by atoms with van der Waals surface area (Å²) in [5.74, 6) is -0.169. The first-order chi connectivity index (χ1) is 6.25. The Labute approximate surface area is 75.8 Å². The molecule has 0 spiro atoms. The Bertz CT molecular complexity index is 365. The first kappa shape index (κ1) is 8.04. The van der Waals surface area contributed by atoms with Crippen LogP contribution in [0.1, 0.15) is 12.1 Å². The van der Waals surface area contributed by atoms with Crippen LogP contribution >= 0.6 is 0 Å². The van der Waals surface area contributed by atoms with E-state index < -0.39 is 0 Å². The molecule has 2 rings (SSSR count). The lowest BCUT2D eigenvalue weighted by atomic mass is 10.1. The molecule has 68 valence electrons. The van der Waals surface area contributed by atoms with Gasteiger partial charge in [-0.1, -0.05) is 0 Å². The second-order valence-electron chi connectivity index (χ2n) is 3.12. The van der Waals surface area contributed by atoms with Gasteiger partial charge in [-0.05, 0) is 5.57 Å². The van der Waals surface area contributed by atoms with Crippen molar-refractivity contribution in [2.24, 2.45) is 7.05 Å². The van der Waals surface area contributed by atoms with E-state index in [2.05, 4.69) is 4.98 Å². The maximum atomic E-state index is 10.8. The molecule has 0 bridgehead atoms. The topological polar surface area (TPSA) is 44.1 Å². The number of ether oxygens (including phenoxy) is 1. The molecule has 0 unspecified atom stereocenters. The Morgan fingerprint density at radius 3 is 3.08 bits per heavy atom. The number of imidazole rings is 1. The number of nitrogens with zero attached hydrogens (tertiary/aromatic N) is 2. The first-order valence-electron chi connectivity index (χ1n) is 4.08. The molecule has 0 saturated heterocycles. The van der Waals surface area contributed by atoms with Crippen LogP contribution in [0.5, 0.6) is 0 Å². The lowest BCUT2D eigenvalue weighted by molar-refractivity contribution is -0.135. The van der Waals surface area contributed by atoms with Crippen LogP contribution in [0.4, 0.5) is 0 Å². The zero-order valence-corrected chi connectivity index (χ0v) is 7.36. The van der Waals surface area contributed by atoms with Crippen molar-refractivity contribution < 1.29 is 9.53 Å². The van der Waals surface area contributed by atoms with E-state index in [9.17, 15) is 4.79 Å². The Morgan fingerprint density at radius 2 is 2.54 bits per heavy atom. The molecule has 0 atom stereocenters. The van der Waals surface area contributed by atoms with Gasteiger partial charge >= 0.3 is 5.97 Å². The molecule has 0 aromatic carbocycles. The summed E-state index contributed by atoms with van der Waals surface area (Å²) in [7, 11) is 1.93. The highest BCUT2D eigenvalue weighted by Gasteiger charge is 2.15. The molecule has 13 heavy (non-hydrogen) atoms. The van der Waals surface area contributed by atoms with Gasteiger partial charge in [-0.15, -0.1) is 0 Å². The van der Waals surface area contributed by atoms with Gasteiger partial charge in [0.05, 0.1) is 19.0 Å². The number of aryl methyl sites for hydroxylation is 1. The molecule has 1 aromatic rings. The van der Waals surface area contributed by atoms with E-state index in [-0.39, 0.29) is 5.97 Å². The number of hydrogen-bond acceptors (Lipinski definition) is 3. The largest absolute Gasteiger partial charge is 0.434 e. The Balaban J connectivity index is 2.07. The number of carbonyl (C=O) groups is 1. The van der Waals surface area contributed by atoms with Crippen LogP contribution in [0.15, 0.2) is 24.4 Å². The predicted octanol–water partition coefficient (Wildman–Crippen LogP) is 0.793. The molecule has 0 aliphatic carbocycles. The maximum absolute atomic E-state index is 10.8. The van der Waals surface area contributed by atoms with E-state index in [0.717, 1.165) is 17.7 Å². The normalized spacial score (nSPS) is 15.8. The van der Waals surface area contributed by atoms with Gasteiger partial charge in [-0.2, -0.15) is 0 Å². The summed E-state index contributed by atoms with van der Waals surface area (Å²) in [4.78, 5) is 14.8. The molecular weight excluding hydrogens is 168 g/mol. The average Bonchev–Trinajstić information content (AvgIpc) is 2.64. The van der Waals surface area contributed by atoms with E-state index in [4.69, 9.17) is 4.74 Å². The average molecular weight is 178 g/mol. The SMILES string of the molecule is Cn1cncc1CC1=COC(=O)C1. The van der Waals surface area contributed by atoms with Gasteiger partial charge < -0.3 is 9.30 Å². The monoisotopic (exact) mass is 178 g/mol. The third-order valence-corrected chi connectivity index (χ3v) is 2.05. The number of rotatable bonds is 2. The molecule has 2 heterocycles. The van der Waals surface area contributed by atoms with Crippen LogP contribution in [0.3, 0.4) is 0 Å². The molecule has 1 aliphatic rings. The molecule has 0 N–H and O–H groups in total.